The third-order valence-electron chi connectivity index (χ3n) is 4.18. The molecule has 0 bridgehead atoms. The second-order valence-corrected chi connectivity index (χ2v) is 8.37. The Bertz CT molecular complexity index is 333. The second-order valence-electron chi connectivity index (χ2n) is 5.69. The molecule has 0 aromatic heterocycles. The summed E-state index contributed by atoms with van der Waals surface area (Å²) in [4.78, 5) is 2.23. The lowest BCUT2D eigenvalue weighted by Crippen LogP contribution is -2.41. The van der Waals surface area contributed by atoms with Crippen molar-refractivity contribution in [1.82, 2.24) is 10.2 Å². The van der Waals surface area contributed by atoms with Crippen molar-refractivity contribution in [1.29, 1.82) is 0 Å². The van der Waals surface area contributed by atoms with Crippen LogP contribution in [0.2, 0.25) is 0 Å². The zero-order chi connectivity index (χ0) is 13.8. The fourth-order valence-electron chi connectivity index (χ4n) is 2.49. The van der Waals surface area contributed by atoms with E-state index in [0.29, 0.717) is 18.6 Å². The zero-order valence-corrected chi connectivity index (χ0v) is 13.0. The maximum atomic E-state index is 11.8. The average molecular weight is 276 g/mol. The standard InChI is InChI=1S/C13H28N2O2S/c1-11(2)18(16,17)10-9-15(4)13-7-5-12(14-3)6-8-13/h11-14H,5-10H2,1-4H3. The smallest absolute Gasteiger partial charge is 0.153 e. The number of sulfone groups is 1. The fourth-order valence-corrected chi connectivity index (χ4v) is 3.51. The third-order valence-corrected chi connectivity index (χ3v) is 6.36. The molecule has 108 valence electrons. The molecule has 0 spiro atoms. The molecule has 1 aliphatic carbocycles. The van der Waals surface area contributed by atoms with Crippen LogP contribution in [0.4, 0.5) is 0 Å². The van der Waals surface area contributed by atoms with E-state index in [1.165, 1.54) is 25.7 Å². The van der Waals surface area contributed by atoms with Gasteiger partial charge >= 0.3 is 0 Å². The Balaban J connectivity index is 2.36. The first-order valence-electron chi connectivity index (χ1n) is 6.96. The van der Waals surface area contributed by atoms with Gasteiger partial charge in [-0.1, -0.05) is 0 Å². The molecule has 0 heterocycles. The summed E-state index contributed by atoms with van der Waals surface area (Å²) in [5, 5.41) is 3.06. The van der Waals surface area contributed by atoms with Gasteiger partial charge in [-0.3, -0.25) is 0 Å². The Hall–Kier alpha value is -0.130. The van der Waals surface area contributed by atoms with Crippen LogP contribution in [-0.2, 0) is 9.84 Å². The van der Waals surface area contributed by atoms with Crippen LogP contribution >= 0.6 is 0 Å². The SMILES string of the molecule is CNC1CCC(N(C)CCS(=O)(=O)C(C)C)CC1. The molecule has 0 radical (unpaired) electrons. The number of rotatable bonds is 6. The molecule has 0 unspecified atom stereocenters. The van der Waals surface area contributed by atoms with Gasteiger partial charge in [0.1, 0.15) is 0 Å². The van der Waals surface area contributed by atoms with Gasteiger partial charge in [0.25, 0.3) is 0 Å². The van der Waals surface area contributed by atoms with Crippen molar-refractivity contribution < 1.29 is 8.42 Å². The molecule has 0 saturated heterocycles. The highest BCUT2D eigenvalue weighted by atomic mass is 32.2. The van der Waals surface area contributed by atoms with Gasteiger partial charge in [0.15, 0.2) is 9.84 Å². The van der Waals surface area contributed by atoms with E-state index in [0.717, 1.165) is 0 Å². The van der Waals surface area contributed by atoms with E-state index in [-0.39, 0.29) is 11.0 Å². The van der Waals surface area contributed by atoms with Gasteiger partial charge in [-0.15, -0.1) is 0 Å². The highest BCUT2D eigenvalue weighted by Gasteiger charge is 2.24. The predicted molar refractivity (Wildman–Crippen MR) is 76.7 cm³/mol. The van der Waals surface area contributed by atoms with Gasteiger partial charge in [-0.2, -0.15) is 0 Å². The van der Waals surface area contributed by atoms with Gasteiger partial charge < -0.3 is 10.2 Å². The molecule has 1 rings (SSSR count). The van der Waals surface area contributed by atoms with Crippen LogP contribution in [0.15, 0.2) is 0 Å². The summed E-state index contributed by atoms with van der Waals surface area (Å²) < 4.78 is 23.6. The normalized spacial score (nSPS) is 25.9. The van der Waals surface area contributed by atoms with E-state index >= 15 is 0 Å². The van der Waals surface area contributed by atoms with E-state index in [4.69, 9.17) is 0 Å². The van der Waals surface area contributed by atoms with Crippen molar-refractivity contribution in [2.24, 2.45) is 0 Å². The van der Waals surface area contributed by atoms with Crippen molar-refractivity contribution in [3.8, 4) is 0 Å². The lowest BCUT2D eigenvalue weighted by molar-refractivity contribution is 0.184. The van der Waals surface area contributed by atoms with E-state index in [1.54, 1.807) is 13.8 Å². The quantitative estimate of drug-likeness (QED) is 0.794. The summed E-state index contributed by atoms with van der Waals surface area (Å²) in [5.74, 6) is 0.285. The number of nitrogens with zero attached hydrogens (tertiary/aromatic N) is 1. The van der Waals surface area contributed by atoms with Crippen LogP contribution in [0.1, 0.15) is 39.5 Å². The Morgan fingerprint density at radius 2 is 1.78 bits per heavy atom. The highest BCUT2D eigenvalue weighted by molar-refractivity contribution is 7.92. The first kappa shape index (κ1) is 15.9. The molecule has 0 aromatic carbocycles. The van der Waals surface area contributed by atoms with E-state index < -0.39 is 9.84 Å². The number of hydrogen-bond acceptors (Lipinski definition) is 4. The maximum absolute atomic E-state index is 11.8. The predicted octanol–water partition coefficient (Wildman–Crippen LogP) is 1.27. The molecule has 18 heavy (non-hydrogen) atoms. The van der Waals surface area contributed by atoms with Crippen LogP contribution in [0.3, 0.4) is 0 Å². The molecule has 0 aliphatic heterocycles. The summed E-state index contributed by atoms with van der Waals surface area (Å²) in [6.45, 7) is 4.18. The van der Waals surface area contributed by atoms with Crippen molar-refractivity contribution in [2.75, 3.05) is 26.4 Å². The van der Waals surface area contributed by atoms with Gasteiger partial charge in [0.05, 0.1) is 11.0 Å². The molecule has 1 aliphatic rings. The van der Waals surface area contributed by atoms with Crippen molar-refractivity contribution in [2.45, 2.75) is 56.9 Å². The molecule has 0 atom stereocenters. The first-order valence-corrected chi connectivity index (χ1v) is 8.67. The molecule has 0 amide bonds. The monoisotopic (exact) mass is 276 g/mol. The molecular formula is C13H28N2O2S. The summed E-state index contributed by atoms with van der Waals surface area (Å²) in [5.41, 5.74) is 0. The molecule has 0 aromatic rings. The first-order chi connectivity index (χ1) is 8.36. The number of hydrogen-bond donors (Lipinski definition) is 1. The van der Waals surface area contributed by atoms with E-state index in [9.17, 15) is 8.42 Å². The van der Waals surface area contributed by atoms with Gasteiger partial charge in [-0.05, 0) is 53.6 Å². The lowest BCUT2D eigenvalue weighted by Gasteiger charge is -2.34. The molecule has 5 heteroatoms. The number of nitrogens with one attached hydrogen (secondary N) is 1. The van der Waals surface area contributed by atoms with Gasteiger partial charge in [0.2, 0.25) is 0 Å². The van der Waals surface area contributed by atoms with Crippen LogP contribution in [-0.4, -0.2) is 57.0 Å². The lowest BCUT2D eigenvalue weighted by atomic mass is 9.90. The van der Waals surface area contributed by atoms with Crippen LogP contribution in [0.5, 0.6) is 0 Å². The maximum Gasteiger partial charge on any atom is 0.153 e. The van der Waals surface area contributed by atoms with Crippen LogP contribution in [0, 0.1) is 0 Å². The Labute approximate surface area is 112 Å². The van der Waals surface area contributed by atoms with Crippen LogP contribution < -0.4 is 5.32 Å². The summed E-state index contributed by atoms with van der Waals surface area (Å²) >= 11 is 0. The minimum Gasteiger partial charge on any atom is -0.317 e. The van der Waals surface area contributed by atoms with Crippen molar-refractivity contribution in [3.05, 3.63) is 0 Å². The second kappa shape index (κ2) is 6.87. The minimum atomic E-state index is -2.90. The Kier molecular flexibility index (Phi) is 6.08. The fraction of sp³-hybridized carbons (Fsp3) is 1.00. The molecular weight excluding hydrogens is 248 g/mol. The van der Waals surface area contributed by atoms with Crippen molar-refractivity contribution in [3.63, 3.8) is 0 Å². The summed E-state index contributed by atoms with van der Waals surface area (Å²) in [7, 11) is 1.17. The third kappa shape index (κ3) is 4.52. The molecule has 1 saturated carbocycles. The molecule has 1 fully saturated rings. The zero-order valence-electron chi connectivity index (χ0n) is 12.1. The largest absolute Gasteiger partial charge is 0.317 e. The van der Waals surface area contributed by atoms with Gasteiger partial charge in [0, 0.05) is 18.6 Å². The average Bonchev–Trinajstić information content (AvgIpc) is 2.36. The van der Waals surface area contributed by atoms with Crippen LogP contribution in [0.25, 0.3) is 0 Å². The topological polar surface area (TPSA) is 49.4 Å². The highest BCUT2D eigenvalue weighted by Crippen LogP contribution is 2.22. The van der Waals surface area contributed by atoms with E-state index in [1.807, 2.05) is 7.05 Å². The molecule has 1 N–H and O–H groups in total. The van der Waals surface area contributed by atoms with Gasteiger partial charge in [-0.25, -0.2) is 8.42 Å². The van der Waals surface area contributed by atoms with Crippen molar-refractivity contribution >= 4 is 9.84 Å². The summed E-state index contributed by atoms with van der Waals surface area (Å²) in [6, 6.07) is 1.20. The van der Waals surface area contributed by atoms with E-state index in [2.05, 4.69) is 17.3 Å². The minimum absolute atomic E-state index is 0.258. The Morgan fingerprint density at radius 3 is 2.22 bits per heavy atom. The summed E-state index contributed by atoms with van der Waals surface area (Å²) in [6.07, 6.45) is 4.73. The molecule has 4 nitrogen and oxygen atoms in total. The Morgan fingerprint density at radius 1 is 1.22 bits per heavy atom.